The predicted octanol–water partition coefficient (Wildman–Crippen LogP) is 4.21. The topological polar surface area (TPSA) is 93.7 Å². The van der Waals surface area contributed by atoms with E-state index in [1.54, 1.807) is 67.6 Å². The molecule has 7 nitrogen and oxygen atoms in total. The summed E-state index contributed by atoms with van der Waals surface area (Å²) in [5.41, 5.74) is 1.71. The molecule has 0 heterocycles. The molecule has 0 bridgehead atoms. The van der Waals surface area contributed by atoms with Crippen molar-refractivity contribution in [1.82, 2.24) is 0 Å². The molecule has 0 saturated carbocycles. The normalized spacial score (nSPS) is 10.9. The Morgan fingerprint density at radius 1 is 0.903 bits per heavy atom. The smallest absolute Gasteiger partial charge is 0.262 e. The molecular formula is C23H24N2O5S. The summed E-state index contributed by atoms with van der Waals surface area (Å²) >= 11 is 0. The van der Waals surface area contributed by atoms with Crippen molar-refractivity contribution in [1.29, 1.82) is 0 Å². The maximum absolute atomic E-state index is 12.6. The maximum atomic E-state index is 12.6. The van der Waals surface area contributed by atoms with Crippen molar-refractivity contribution in [3.05, 3.63) is 78.4 Å². The molecule has 0 atom stereocenters. The van der Waals surface area contributed by atoms with E-state index in [0.717, 1.165) is 5.75 Å². The number of ether oxygens (including phenoxy) is 2. The predicted molar refractivity (Wildman–Crippen MR) is 120 cm³/mol. The van der Waals surface area contributed by atoms with E-state index in [-0.39, 0.29) is 17.4 Å². The van der Waals surface area contributed by atoms with Crippen molar-refractivity contribution in [2.45, 2.75) is 18.7 Å². The summed E-state index contributed by atoms with van der Waals surface area (Å²) in [6.07, 6.45) is 0. The van der Waals surface area contributed by atoms with E-state index < -0.39 is 10.0 Å². The Kier molecular flexibility index (Phi) is 7.15. The lowest BCUT2D eigenvalue weighted by Crippen LogP contribution is -2.20. The quantitative estimate of drug-likeness (QED) is 0.520. The monoisotopic (exact) mass is 440 g/mol. The number of carbonyl (C=O) groups is 1. The average molecular weight is 441 g/mol. The minimum atomic E-state index is -3.73. The summed E-state index contributed by atoms with van der Waals surface area (Å²) in [6, 6.07) is 20.2. The highest BCUT2D eigenvalue weighted by molar-refractivity contribution is 7.92. The first kappa shape index (κ1) is 22.2. The van der Waals surface area contributed by atoms with Gasteiger partial charge >= 0.3 is 0 Å². The Hall–Kier alpha value is -3.52. The van der Waals surface area contributed by atoms with Crippen LogP contribution in [0.1, 0.15) is 12.5 Å². The number of para-hydroxylation sites is 1. The van der Waals surface area contributed by atoms with Gasteiger partial charge in [-0.15, -0.1) is 0 Å². The number of sulfonamides is 1. The van der Waals surface area contributed by atoms with Crippen LogP contribution in [0.25, 0.3) is 0 Å². The number of hydrogen-bond acceptors (Lipinski definition) is 5. The number of carbonyl (C=O) groups excluding carboxylic acids is 1. The summed E-state index contributed by atoms with van der Waals surface area (Å²) < 4.78 is 38.6. The molecule has 0 fully saturated rings. The molecule has 2 N–H and O–H groups in total. The molecule has 3 aromatic rings. The standard InChI is InChI=1S/C23H24N2O5S/c1-3-29-20-11-9-18(10-12-20)24-23(26)16-30-22-14-13-21(15-17(22)2)31(27,28)25-19-7-5-4-6-8-19/h4-15,25H,3,16H2,1-2H3,(H,24,26). The first-order chi connectivity index (χ1) is 14.9. The number of nitrogens with one attached hydrogen (secondary N) is 2. The lowest BCUT2D eigenvalue weighted by molar-refractivity contribution is -0.118. The van der Waals surface area contributed by atoms with Crippen LogP contribution in [-0.4, -0.2) is 27.5 Å². The van der Waals surface area contributed by atoms with Crippen LogP contribution in [0.3, 0.4) is 0 Å². The van der Waals surface area contributed by atoms with Gasteiger partial charge < -0.3 is 14.8 Å². The molecule has 3 rings (SSSR count). The average Bonchev–Trinajstić information content (AvgIpc) is 2.75. The zero-order valence-electron chi connectivity index (χ0n) is 17.3. The second kappa shape index (κ2) is 9.99. The van der Waals surface area contributed by atoms with Crippen LogP contribution in [0.2, 0.25) is 0 Å². The maximum Gasteiger partial charge on any atom is 0.262 e. The summed E-state index contributed by atoms with van der Waals surface area (Å²) in [6.45, 7) is 3.99. The lowest BCUT2D eigenvalue weighted by atomic mass is 10.2. The number of benzene rings is 3. The van der Waals surface area contributed by atoms with Crippen molar-refractivity contribution >= 4 is 27.3 Å². The van der Waals surface area contributed by atoms with Crippen molar-refractivity contribution < 1.29 is 22.7 Å². The highest BCUT2D eigenvalue weighted by atomic mass is 32.2. The van der Waals surface area contributed by atoms with Gasteiger partial charge in [-0.25, -0.2) is 8.42 Å². The zero-order chi connectivity index (χ0) is 22.3. The van der Waals surface area contributed by atoms with Gasteiger partial charge in [-0.2, -0.15) is 0 Å². The molecule has 3 aromatic carbocycles. The number of rotatable bonds is 9. The van der Waals surface area contributed by atoms with Gasteiger partial charge in [-0.05, 0) is 74.0 Å². The van der Waals surface area contributed by atoms with Gasteiger partial charge in [0.2, 0.25) is 0 Å². The molecule has 0 radical (unpaired) electrons. The van der Waals surface area contributed by atoms with Crippen LogP contribution in [0, 0.1) is 6.92 Å². The number of hydrogen-bond donors (Lipinski definition) is 2. The third-order valence-corrected chi connectivity index (χ3v) is 5.67. The van der Waals surface area contributed by atoms with E-state index >= 15 is 0 Å². The molecule has 0 aliphatic rings. The Bertz CT molecular complexity index is 1130. The van der Waals surface area contributed by atoms with Crippen molar-refractivity contribution in [2.75, 3.05) is 23.3 Å². The number of aryl methyl sites for hydroxylation is 1. The zero-order valence-corrected chi connectivity index (χ0v) is 18.1. The number of anilines is 2. The fourth-order valence-corrected chi connectivity index (χ4v) is 3.96. The number of amides is 1. The van der Waals surface area contributed by atoms with E-state index in [9.17, 15) is 13.2 Å². The van der Waals surface area contributed by atoms with Crippen LogP contribution in [0.4, 0.5) is 11.4 Å². The molecule has 1 amide bonds. The van der Waals surface area contributed by atoms with Gasteiger partial charge in [0, 0.05) is 11.4 Å². The molecule has 0 spiro atoms. The van der Waals surface area contributed by atoms with Crippen LogP contribution in [0.5, 0.6) is 11.5 Å². The third kappa shape index (κ3) is 6.23. The fourth-order valence-electron chi connectivity index (χ4n) is 2.81. The van der Waals surface area contributed by atoms with E-state index in [1.165, 1.54) is 12.1 Å². The molecule has 0 unspecified atom stereocenters. The minimum Gasteiger partial charge on any atom is -0.494 e. The summed E-state index contributed by atoms with van der Waals surface area (Å²) in [5, 5.41) is 2.74. The van der Waals surface area contributed by atoms with E-state index in [2.05, 4.69) is 10.0 Å². The van der Waals surface area contributed by atoms with Crippen LogP contribution in [-0.2, 0) is 14.8 Å². The van der Waals surface area contributed by atoms with Crippen molar-refractivity contribution in [2.24, 2.45) is 0 Å². The van der Waals surface area contributed by atoms with Crippen molar-refractivity contribution in [3.63, 3.8) is 0 Å². The lowest BCUT2D eigenvalue weighted by Gasteiger charge is -2.12. The summed E-state index contributed by atoms with van der Waals surface area (Å²) in [7, 11) is -3.73. The molecular weight excluding hydrogens is 416 g/mol. The molecule has 31 heavy (non-hydrogen) atoms. The summed E-state index contributed by atoms with van der Waals surface area (Å²) in [5.74, 6) is 0.829. The van der Waals surface area contributed by atoms with Gasteiger partial charge in [0.15, 0.2) is 6.61 Å². The van der Waals surface area contributed by atoms with E-state index in [0.29, 0.717) is 29.3 Å². The molecule has 0 aliphatic heterocycles. The van der Waals surface area contributed by atoms with Crippen LogP contribution < -0.4 is 19.5 Å². The largest absolute Gasteiger partial charge is 0.494 e. The Morgan fingerprint density at radius 3 is 2.26 bits per heavy atom. The van der Waals surface area contributed by atoms with Crippen molar-refractivity contribution in [3.8, 4) is 11.5 Å². The Balaban J connectivity index is 1.59. The Morgan fingerprint density at radius 2 is 1.61 bits per heavy atom. The fraction of sp³-hybridized carbons (Fsp3) is 0.174. The van der Waals surface area contributed by atoms with Crippen LogP contribution >= 0.6 is 0 Å². The molecule has 0 aromatic heterocycles. The molecule has 8 heteroatoms. The second-order valence-electron chi connectivity index (χ2n) is 6.69. The van der Waals surface area contributed by atoms with E-state index in [4.69, 9.17) is 9.47 Å². The minimum absolute atomic E-state index is 0.111. The van der Waals surface area contributed by atoms with Gasteiger partial charge in [0.1, 0.15) is 11.5 Å². The molecule has 0 saturated heterocycles. The first-order valence-corrected chi connectivity index (χ1v) is 11.2. The summed E-state index contributed by atoms with van der Waals surface area (Å²) in [4.78, 5) is 12.3. The van der Waals surface area contributed by atoms with E-state index in [1.807, 2.05) is 6.92 Å². The first-order valence-electron chi connectivity index (χ1n) is 9.71. The molecule has 162 valence electrons. The SMILES string of the molecule is CCOc1ccc(NC(=O)COc2ccc(S(=O)(=O)Nc3ccccc3)cc2C)cc1. The van der Waals surface area contributed by atoms with Gasteiger partial charge in [-0.3, -0.25) is 9.52 Å². The van der Waals surface area contributed by atoms with Gasteiger partial charge in [0.05, 0.1) is 11.5 Å². The highest BCUT2D eigenvalue weighted by Crippen LogP contribution is 2.24. The molecule has 0 aliphatic carbocycles. The second-order valence-corrected chi connectivity index (χ2v) is 8.38. The highest BCUT2D eigenvalue weighted by Gasteiger charge is 2.16. The third-order valence-electron chi connectivity index (χ3n) is 4.29. The van der Waals surface area contributed by atoms with Crippen LogP contribution in [0.15, 0.2) is 77.7 Å². The Labute approximate surface area is 182 Å². The van der Waals surface area contributed by atoms with Gasteiger partial charge in [0.25, 0.3) is 15.9 Å². The van der Waals surface area contributed by atoms with Gasteiger partial charge in [-0.1, -0.05) is 18.2 Å².